The molecule has 0 radical (unpaired) electrons. The fraction of sp³-hybridized carbons (Fsp3) is 0.300. The fourth-order valence-corrected chi connectivity index (χ4v) is 3.05. The number of amides is 2. The first-order valence-corrected chi connectivity index (χ1v) is 10.6. The monoisotopic (exact) mass is 417 g/mol. The van der Waals surface area contributed by atoms with Crippen LogP contribution in [0.3, 0.4) is 0 Å². The van der Waals surface area contributed by atoms with E-state index in [9.17, 15) is 13.2 Å². The summed E-state index contributed by atoms with van der Waals surface area (Å²) in [6.07, 6.45) is 0.947. The van der Waals surface area contributed by atoms with Gasteiger partial charge in [-0.25, -0.2) is 4.79 Å². The van der Waals surface area contributed by atoms with Gasteiger partial charge in [-0.3, -0.25) is 0 Å². The van der Waals surface area contributed by atoms with Crippen molar-refractivity contribution in [3.8, 4) is 17.6 Å². The van der Waals surface area contributed by atoms with Crippen molar-refractivity contribution in [3.63, 3.8) is 0 Å². The van der Waals surface area contributed by atoms with Crippen molar-refractivity contribution in [3.05, 3.63) is 53.6 Å². The van der Waals surface area contributed by atoms with Gasteiger partial charge in [-0.15, -0.1) is 0 Å². The Morgan fingerprint density at radius 3 is 2.52 bits per heavy atom. The standard InChI is InChI=1S/C20H23N3O5S/c1-14(2)23(20(24)22-17-7-5-6-15(10-17)12-21)13-16-8-9-18(27-3)19(11-16)28-29(4,25)26/h5-11,14H,13H2,1-4H3,(H,22,24). The van der Waals surface area contributed by atoms with Crippen LogP contribution in [0.2, 0.25) is 0 Å². The highest BCUT2D eigenvalue weighted by Crippen LogP contribution is 2.30. The average molecular weight is 417 g/mol. The maximum atomic E-state index is 12.8. The average Bonchev–Trinajstić information content (AvgIpc) is 2.64. The van der Waals surface area contributed by atoms with Crippen LogP contribution in [0.1, 0.15) is 25.0 Å². The van der Waals surface area contributed by atoms with Crippen LogP contribution in [-0.2, 0) is 16.7 Å². The Morgan fingerprint density at radius 1 is 1.21 bits per heavy atom. The Kier molecular flexibility index (Phi) is 7.07. The first kappa shape index (κ1) is 22.0. The smallest absolute Gasteiger partial charge is 0.322 e. The molecule has 2 aromatic carbocycles. The molecule has 0 heterocycles. The van der Waals surface area contributed by atoms with Crippen molar-refractivity contribution in [2.75, 3.05) is 18.7 Å². The predicted molar refractivity (Wildman–Crippen MR) is 109 cm³/mol. The third-order valence-corrected chi connectivity index (χ3v) is 4.43. The molecular weight excluding hydrogens is 394 g/mol. The van der Waals surface area contributed by atoms with Gasteiger partial charge in [-0.05, 0) is 49.7 Å². The van der Waals surface area contributed by atoms with E-state index in [4.69, 9.17) is 14.2 Å². The molecule has 2 rings (SSSR count). The van der Waals surface area contributed by atoms with Crippen LogP contribution in [0, 0.1) is 11.3 Å². The van der Waals surface area contributed by atoms with Crippen LogP contribution in [0.4, 0.5) is 10.5 Å². The molecular formula is C20H23N3O5S. The van der Waals surface area contributed by atoms with Crippen molar-refractivity contribution >= 4 is 21.8 Å². The van der Waals surface area contributed by atoms with Crippen molar-refractivity contribution in [1.29, 1.82) is 5.26 Å². The number of hydrogen-bond donors (Lipinski definition) is 1. The number of methoxy groups -OCH3 is 1. The van der Waals surface area contributed by atoms with E-state index in [0.29, 0.717) is 16.8 Å². The van der Waals surface area contributed by atoms with E-state index in [0.717, 1.165) is 6.26 Å². The number of carbonyl (C=O) groups excluding carboxylic acids is 1. The second kappa shape index (κ2) is 9.30. The minimum atomic E-state index is -3.73. The molecule has 0 unspecified atom stereocenters. The molecule has 2 amide bonds. The number of hydrogen-bond acceptors (Lipinski definition) is 6. The largest absolute Gasteiger partial charge is 0.493 e. The zero-order valence-corrected chi connectivity index (χ0v) is 17.5. The summed E-state index contributed by atoms with van der Waals surface area (Å²) in [7, 11) is -2.32. The molecule has 0 saturated heterocycles. The number of anilines is 1. The normalized spacial score (nSPS) is 10.9. The van der Waals surface area contributed by atoms with Gasteiger partial charge in [0.1, 0.15) is 0 Å². The quantitative estimate of drug-likeness (QED) is 0.692. The molecule has 0 bridgehead atoms. The molecule has 0 aliphatic heterocycles. The van der Waals surface area contributed by atoms with Gasteiger partial charge in [-0.1, -0.05) is 12.1 Å². The van der Waals surface area contributed by atoms with Crippen LogP contribution in [0.25, 0.3) is 0 Å². The molecule has 0 spiro atoms. The van der Waals surface area contributed by atoms with E-state index < -0.39 is 10.1 Å². The zero-order valence-electron chi connectivity index (χ0n) is 16.7. The molecule has 0 aromatic heterocycles. The summed E-state index contributed by atoms with van der Waals surface area (Å²) in [5.74, 6) is 0.325. The lowest BCUT2D eigenvalue weighted by Crippen LogP contribution is -2.39. The third-order valence-electron chi connectivity index (χ3n) is 3.95. The van der Waals surface area contributed by atoms with E-state index in [1.165, 1.54) is 13.2 Å². The minimum absolute atomic E-state index is 0.0540. The molecule has 9 heteroatoms. The van der Waals surface area contributed by atoms with Crippen molar-refractivity contribution in [2.24, 2.45) is 0 Å². The van der Waals surface area contributed by atoms with Crippen LogP contribution in [-0.4, -0.2) is 38.8 Å². The van der Waals surface area contributed by atoms with Crippen LogP contribution in [0.5, 0.6) is 11.5 Å². The fourth-order valence-electron chi connectivity index (χ4n) is 2.60. The Hall–Kier alpha value is -3.25. The number of rotatable bonds is 7. The SMILES string of the molecule is COc1ccc(CN(C(=O)Nc2cccc(C#N)c2)C(C)C)cc1OS(C)(=O)=O. The number of urea groups is 1. The lowest BCUT2D eigenvalue weighted by molar-refractivity contribution is 0.193. The number of nitrogens with one attached hydrogen (secondary N) is 1. The van der Waals surface area contributed by atoms with Crippen molar-refractivity contribution < 1.29 is 22.1 Å². The van der Waals surface area contributed by atoms with E-state index in [2.05, 4.69) is 5.32 Å². The second-order valence-electron chi connectivity index (χ2n) is 6.62. The minimum Gasteiger partial charge on any atom is -0.493 e. The van der Waals surface area contributed by atoms with Gasteiger partial charge < -0.3 is 19.1 Å². The van der Waals surface area contributed by atoms with Gasteiger partial charge in [-0.2, -0.15) is 13.7 Å². The molecule has 0 aliphatic carbocycles. The predicted octanol–water partition coefficient (Wildman–Crippen LogP) is 3.35. The molecule has 0 atom stereocenters. The molecule has 0 saturated carbocycles. The number of nitrogens with zero attached hydrogens (tertiary/aromatic N) is 2. The molecule has 8 nitrogen and oxygen atoms in total. The number of nitriles is 1. The van der Waals surface area contributed by atoms with Crippen molar-refractivity contribution in [2.45, 2.75) is 26.4 Å². The highest BCUT2D eigenvalue weighted by molar-refractivity contribution is 7.86. The van der Waals surface area contributed by atoms with Crippen LogP contribution in [0.15, 0.2) is 42.5 Å². The highest BCUT2D eigenvalue weighted by atomic mass is 32.2. The number of carbonyl (C=O) groups is 1. The van der Waals surface area contributed by atoms with Gasteiger partial charge in [0.15, 0.2) is 11.5 Å². The van der Waals surface area contributed by atoms with Crippen molar-refractivity contribution in [1.82, 2.24) is 4.90 Å². The maximum absolute atomic E-state index is 12.8. The van der Waals surface area contributed by atoms with Crippen LogP contribution < -0.4 is 14.2 Å². The number of ether oxygens (including phenoxy) is 1. The van der Waals surface area contributed by atoms with Gasteiger partial charge in [0.05, 0.1) is 25.0 Å². The third kappa shape index (κ3) is 6.40. The summed E-state index contributed by atoms with van der Waals surface area (Å²) in [4.78, 5) is 14.3. The highest BCUT2D eigenvalue weighted by Gasteiger charge is 2.19. The van der Waals surface area contributed by atoms with Crippen LogP contribution >= 0.6 is 0 Å². The van der Waals surface area contributed by atoms with E-state index in [-0.39, 0.29) is 30.1 Å². The molecule has 0 fully saturated rings. The molecule has 2 aromatic rings. The summed E-state index contributed by atoms with van der Waals surface area (Å²) in [6, 6.07) is 13.0. The van der Waals surface area contributed by atoms with E-state index in [1.807, 2.05) is 19.9 Å². The first-order valence-electron chi connectivity index (χ1n) is 8.77. The Balaban J connectivity index is 2.24. The molecule has 29 heavy (non-hydrogen) atoms. The van der Waals surface area contributed by atoms with E-state index in [1.54, 1.807) is 41.3 Å². The molecule has 154 valence electrons. The summed E-state index contributed by atoms with van der Waals surface area (Å²) in [5, 5.41) is 11.8. The summed E-state index contributed by atoms with van der Waals surface area (Å²) in [6.45, 7) is 3.94. The first-order chi connectivity index (χ1) is 13.6. The van der Waals surface area contributed by atoms with Gasteiger partial charge in [0.25, 0.3) is 0 Å². The molecule has 1 N–H and O–H groups in total. The van der Waals surface area contributed by atoms with Gasteiger partial charge in [0, 0.05) is 18.3 Å². The zero-order chi connectivity index (χ0) is 21.6. The summed E-state index contributed by atoms with van der Waals surface area (Å²) < 4.78 is 33.1. The van der Waals surface area contributed by atoms with Gasteiger partial charge >= 0.3 is 16.1 Å². The summed E-state index contributed by atoms with van der Waals surface area (Å²) in [5.41, 5.74) is 1.62. The lowest BCUT2D eigenvalue weighted by atomic mass is 10.1. The van der Waals surface area contributed by atoms with E-state index >= 15 is 0 Å². The second-order valence-corrected chi connectivity index (χ2v) is 8.19. The summed E-state index contributed by atoms with van der Waals surface area (Å²) >= 11 is 0. The Morgan fingerprint density at radius 2 is 1.93 bits per heavy atom. The Bertz CT molecular complexity index is 1030. The number of benzene rings is 2. The lowest BCUT2D eigenvalue weighted by Gasteiger charge is -2.27. The maximum Gasteiger partial charge on any atom is 0.322 e. The topological polar surface area (TPSA) is 109 Å². The Labute approximate surface area is 170 Å². The van der Waals surface area contributed by atoms with Gasteiger partial charge in [0.2, 0.25) is 0 Å². The molecule has 0 aliphatic rings.